The Morgan fingerprint density at radius 2 is 1.78 bits per heavy atom. The first-order chi connectivity index (χ1) is 8.62. The second-order valence-corrected chi connectivity index (χ2v) is 3.69. The third kappa shape index (κ3) is 1.75. The molecule has 0 fully saturated rings. The predicted molar refractivity (Wildman–Crippen MR) is 66.8 cm³/mol. The van der Waals surface area contributed by atoms with E-state index in [1.807, 2.05) is 0 Å². The second-order valence-electron chi connectivity index (χ2n) is 3.69. The number of nitrogens with one attached hydrogen (secondary N) is 1. The Balaban J connectivity index is 2.97. The zero-order valence-electron chi connectivity index (χ0n) is 10.7. The number of methoxy groups -OCH3 is 3. The molecule has 0 unspecified atom stereocenters. The smallest absolute Gasteiger partial charge is 0.259 e. The van der Waals surface area contributed by atoms with E-state index in [0.29, 0.717) is 34.0 Å². The van der Waals surface area contributed by atoms with Gasteiger partial charge in [0.05, 0.1) is 26.7 Å². The summed E-state index contributed by atoms with van der Waals surface area (Å²) in [6, 6.07) is 1.59. The van der Waals surface area contributed by atoms with Crippen LogP contribution < -0.4 is 19.8 Å². The molecule has 96 valence electrons. The first-order valence-electron chi connectivity index (χ1n) is 5.32. The number of nitrogens with zero attached hydrogens (tertiary/aromatic N) is 1. The highest BCUT2D eigenvalue weighted by molar-refractivity contribution is 5.89. The summed E-state index contributed by atoms with van der Waals surface area (Å²) in [5, 5.41) is 0.398. The van der Waals surface area contributed by atoms with E-state index in [1.54, 1.807) is 13.0 Å². The number of fused-ring (bicyclic) bond motifs is 1. The summed E-state index contributed by atoms with van der Waals surface area (Å²) in [6.45, 7) is 1.71. The lowest BCUT2D eigenvalue weighted by atomic mass is 10.2. The minimum atomic E-state index is -0.239. The summed E-state index contributed by atoms with van der Waals surface area (Å²) in [5.74, 6) is 1.75. The van der Waals surface area contributed by atoms with Crippen LogP contribution in [0.25, 0.3) is 10.9 Å². The molecule has 0 spiro atoms. The van der Waals surface area contributed by atoms with E-state index in [0.717, 1.165) is 0 Å². The quantitative estimate of drug-likeness (QED) is 0.887. The average molecular weight is 250 g/mol. The van der Waals surface area contributed by atoms with Crippen LogP contribution in [0.1, 0.15) is 5.82 Å². The number of ether oxygens (including phenoxy) is 3. The molecule has 2 rings (SSSR count). The molecule has 1 N–H and O–H groups in total. The Labute approximate surface area is 104 Å². The fourth-order valence-corrected chi connectivity index (χ4v) is 1.85. The molecule has 0 aliphatic rings. The Bertz CT molecular complexity index is 649. The molecule has 6 nitrogen and oxygen atoms in total. The van der Waals surface area contributed by atoms with Crippen molar-refractivity contribution in [1.82, 2.24) is 9.97 Å². The van der Waals surface area contributed by atoms with Gasteiger partial charge < -0.3 is 19.2 Å². The van der Waals surface area contributed by atoms with Crippen molar-refractivity contribution in [2.75, 3.05) is 21.3 Å². The molecule has 0 radical (unpaired) electrons. The second kappa shape index (κ2) is 4.56. The number of hydrogen-bond donors (Lipinski definition) is 1. The van der Waals surface area contributed by atoms with Crippen LogP contribution in [0.3, 0.4) is 0 Å². The molecule has 0 amide bonds. The Morgan fingerprint density at radius 1 is 1.11 bits per heavy atom. The van der Waals surface area contributed by atoms with Crippen molar-refractivity contribution in [2.24, 2.45) is 0 Å². The van der Waals surface area contributed by atoms with Gasteiger partial charge in [-0.15, -0.1) is 0 Å². The maximum absolute atomic E-state index is 11.9. The maximum Gasteiger partial charge on any atom is 0.259 e. The number of H-pyrrole nitrogens is 1. The molecule has 0 saturated carbocycles. The predicted octanol–water partition coefficient (Wildman–Crippen LogP) is 1.26. The number of aromatic nitrogens is 2. The average Bonchev–Trinajstić information content (AvgIpc) is 2.36. The van der Waals surface area contributed by atoms with E-state index in [2.05, 4.69) is 9.97 Å². The van der Waals surface area contributed by atoms with E-state index in [1.165, 1.54) is 21.3 Å². The summed E-state index contributed by atoms with van der Waals surface area (Å²) in [6.07, 6.45) is 0. The Hall–Kier alpha value is -2.24. The van der Waals surface area contributed by atoms with E-state index in [4.69, 9.17) is 14.2 Å². The van der Waals surface area contributed by atoms with Gasteiger partial charge in [0.15, 0.2) is 11.5 Å². The van der Waals surface area contributed by atoms with E-state index >= 15 is 0 Å². The van der Waals surface area contributed by atoms with Gasteiger partial charge in [-0.1, -0.05) is 0 Å². The first kappa shape index (κ1) is 12.2. The molecule has 6 heteroatoms. The number of aromatic amines is 1. The van der Waals surface area contributed by atoms with Crippen molar-refractivity contribution in [3.8, 4) is 17.2 Å². The molecule has 0 aliphatic carbocycles. The van der Waals surface area contributed by atoms with Crippen molar-refractivity contribution in [3.63, 3.8) is 0 Å². The lowest BCUT2D eigenvalue weighted by molar-refractivity contribution is 0.326. The molecular formula is C12H14N2O4. The largest absolute Gasteiger partial charge is 0.493 e. The molecule has 0 saturated heterocycles. The number of aryl methyl sites for hydroxylation is 1. The molecule has 0 atom stereocenters. The van der Waals surface area contributed by atoms with Gasteiger partial charge in [0.1, 0.15) is 11.3 Å². The highest BCUT2D eigenvalue weighted by atomic mass is 16.5. The summed E-state index contributed by atoms with van der Waals surface area (Å²) in [7, 11) is 4.50. The highest BCUT2D eigenvalue weighted by Gasteiger charge is 2.18. The van der Waals surface area contributed by atoms with Crippen LogP contribution in [0.4, 0.5) is 0 Å². The molecule has 1 aromatic heterocycles. The van der Waals surface area contributed by atoms with E-state index < -0.39 is 0 Å². The van der Waals surface area contributed by atoms with Gasteiger partial charge in [-0.3, -0.25) is 4.79 Å². The van der Waals surface area contributed by atoms with Crippen LogP contribution in [0.2, 0.25) is 0 Å². The minimum absolute atomic E-state index is 0.239. The fraction of sp³-hybridized carbons (Fsp3) is 0.333. The minimum Gasteiger partial charge on any atom is -0.493 e. The fourth-order valence-electron chi connectivity index (χ4n) is 1.85. The third-order valence-corrected chi connectivity index (χ3v) is 2.62. The zero-order valence-corrected chi connectivity index (χ0v) is 10.7. The Kier molecular flexibility index (Phi) is 3.10. The standard InChI is InChI=1S/C12H14N2O4/c1-6-13-9-7(12(15)14-6)5-8(16-2)10(17-3)11(9)18-4/h5H,1-4H3,(H,13,14,15). The van der Waals surface area contributed by atoms with Crippen molar-refractivity contribution in [3.05, 3.63) is 22.2 Å². The van der Waals surface area contributed by atoms with Crippen LogP contribution in [0, 0.1) is 6.92 Å². The SMILES string of the molecule is COc1cc2c(=O)[nH]c(C)nc2c(OC)c1OC. The summed E-state index contributed by atoms with van der Waals surface area (Å²) in [5.41, 5.74) is 0.216. The van der Waals surface area contributed by atoms with Gasteiger partial charge in [0.2, 0.25) is 5.75 Å². The molecule has 0 aliphatic heterocycles. The summed E-state index contributed by atoms with van der Waals surface area (Å²) in [4.78, 5) is 18.8. The van der Waals surface area contributed by atoms with Gasteiger partial charge in [-0.25, -0.2) is 4.98 Å². The highest BCUT2D eigenvalue weighted by Crippen LogP contribution is 2.41. The van der Waals surface area contributed by atoms with Gasteiger partial charge in [0, 0.05) is 0 Å². The van der Waals surface area contributed by atoms with Crippen molar-refractivity contribution < 1.29 is 14.2 Å². The zero-order chi connectivity index (χ0) is 13.3. The molecule has 0 bridgehead atoms. The lowest BCUT2D eigenvalue weighted by Crippen LogP contribution is -2.11. The van der Waals surface area contributed by atoms with Crippen LogP contribution in [-0.4, -0.2) is 31.3 Å². The number of benzene rings is 1. The molecule has 18 heavy (non-hydrogen) atoms. The third-order valence-electron chi connectivity index (χ3n) is 2.62. The van der Waals surface area contributed by atoms with Gasteiger partial charge in [-0.05, 0) is 13.0 Å². The van der Waals surface area contributed by atoms with Gasteiger partial charge in [0.25, 0.3) is 5.56 Å². The van der Waals surface area contributed by atoms with Gasteiger partial charge >= 0.3 is 0 Å². The van der Waals surface area contributed by atoms with Crippen LogP contribution in [0.15, 0.2) is 10.9 Å². The molecule has 1 aromatic carbocycles. The summed E-state index contributed by atoms with van der Waals surface area (Å²) < 4.78 is 15.7. The number of hydrogen-bond acceptors (Lipinski definition) is 5. The van der Waals surface area contributed by atoms with Gasteiger partial charge in [-0.2, -0.15) is 0 Å². The first-order valence-corrected chi connectivity index (χ1v) is 5.32. The monoisotopic (exact) mass is 250 g/mol. The van der Waals surface area contributed by atoms with Crippen LogP contribution >= 0.6 is 0 Å². The Morgan fingerprint density at radius 3 is 2.33 bits per heavy atom. The topological polar surface area (TPSA) is 73.4 Å². The van der Waals surface area contributed by atoms with Crippen LogP contribution in [0.5, 0.6) is 17.2 Å². The summed E-state index contributed by atoms with van der Waals surface area (Å²) >= 11 is 0. The van der Waals surface area contributed by atoms with E-state index in [-0.39, 0.29) is 5.56 Å². The molecule has 2 aromatic rings. The molecular weight excluding hydrogens is 236 g/mol. The maximum atomic E-state index is 11.9. The van der Waals surface area contributed by atoms with Crippen molar-refractivity contribution >= 4 is 10.9 Å². The number of rotatable bonds is 3. The van der Waals surface area contributed by atoms with Crippen LogP contribution in [-0.2, 0) is 0 Å². The van der Waals surface area contributed by atoms with Crippen molar-refractivity contribution in [2.45, 2.75) is 6.92 Å². The normalized spacial score (nSPS) is 10.4. The van der Waals surface area contributed by atoms with E-state index in [9.17, 15) is 4.79 Å². The lowest BCUT2D eigenvalue weighted by Gasteiger charge is -2.13. The molecule has 1 heterocycles. The van der Waals surface area contributed by atoms with Crippen molar-refractivity contribution in [1.29, 1.82) is 0 Å².